The minimum atomic E-state index is -1.36. The van der Waals surface area contributed by atoms with Crippen molar-refractivity contribution in [3.63, 3.8) is 0 Å². The van der Waals surface area contributed by atoms with Crippen molar-refractivity contribution < 1.29 is 44.5 Å². The summed E-state index contributed by atoms with van der Waals surface area (Å²) in [6.07, 6.45) is -8.50. The minimum Gasteiger partial charge on any atom is -0.394 e. The quantitative estimate of drug-likeness (QED) is 0.341. The van der Waals surface area contributed by atoms with Crippen LogP contribution in [0.1, 0.15) is 0 Å². The van der Waals surface area contributed by atoms with E-state index in [0.717, 1.165) is 0 Å². The molecule has 23 heavy (non-hydrogen) atoms. The smallest absolute Gasteiger partial charge is 0.187 e. The van der Waals surface area contributed by atoms with E-state index in [1.54, 1.807) is 0 Å². The lowest BCUT2D eigenvalue weighted by atomic mass is 9.99. The molecular weight excluding hydrogens is 332 g/mol. The summed E-state index contributed by atoms with van der Waals surface area (Å²) in [5, 5.41) is 49.5. The van der Waals surface area contributed by atoms with Gasteiger partial charge in [0.05, 0.1) is 12.7 Å². The largest absolute Gasteiger partial charge is 0.394 e. The minimum absolute atomic E-state index is 0.455. The van der Waals surface area contributed by atoms with Gasteiger partial charge in [0.2, 0.25) is 0 Å². The van der Waals surface area contributed by atoms with Gasteiger partial charge in [0, 0.05) is 12.9 Å². The first-order valence-electron chi connectivity index (χ1n) is 7.25. The van der Waals surface area contributed by atoms with Crippen LogP contribution in [0.25, 0.3) is 0 Å². The fourth-order valence-corrected chi connectivity index (χ4v) is 3.30. The second kappa shape index (κ2) is 8.39. The summed E-state index contributed by atoms with van der Waals surface area (Å²) in [5.74, 6) is 0.455. The van der Waals surface area contributed by atoms with Crippen molar-refractivity contribution >= 4 is 11.8 Å². The van der Waals surface area contributed by atoms with Gasteiger partial charge in [-0.05, 0) is 6.26 Å². The van der Waals surface area contributed by atoms with Crippen molar-refractivity contribution in [3.05, 3.63) is 0 Å². The van der Waals surface area contributed by atoms with Gasteiger partial charge in [-0.15, -0.1) is 0 Å². The van der Waals surface area contributed by atoms with Gasteiger partial charge < -0.3 is 44.5 Å². The van der Waals surface area contributed by atoms with Crippen LogP contribution in [-0.4, -0.2) is 107 Å². The molecule has 9 nitrogen and oxygen atoms in total. The van der Waals surface area contributed by atoms with E-state index in [4.69, 9.17) is 18.9 Å². The van der Waals surface area contributed by atoms with Gasteiger partial charge >= 0.3 is 0 Å². The second-order valence-electron chi connectivity index (χ2n) is 5.52. The Morgan fingerprint density at radius 2 is 1.57 bits per heavy atom. The maximum Gasteiger partial charge on any atom is 0.187 e. The summed E-state index contributed by atoms with van der Waals surface area (Å²) >= 11 is 1.44. The molecule has 0 spiro atoms. The highest BCUT2D eigenvalue weighted by molar-refractivity contribution is 7.98. The van der Waals surface area contributed by atoms with E-state index in [2.05, 4.69) is 0 Å². The highest BCUT2D eigenvalue weighted by atomic mass is 32.2. The maximum atomic E-state index is 10.2. The Balaban J connectivity index is 2.07. The first-order valence-corrected chi connectivity index (χ1v) is 8.65. The lowest BCUT2D eigenvalue weighted by Gasteiger charge is -2.42. The number of hydrogen-bond donors (Lipinski definition) is 5. The van der Waals surface area contributed by atoms with Crippen LogP contribution < -0.4 is 0 Å². The Hall–Kier alpha value is -0.0100. The molecule has 0 aromatic heterocycles. The SMILES string of the molecule is COC1OC(CO)[C@H](O)[C@H](O[C@@H]2O[C@H](CSC)C(O)[C@@H]2O)[C@H]1O. The Morgan fingerprint density at radius 1 is 0.913 bits per heavy atom. The highest BCUT2D eigenvalue weighted by Gasteiger charge is 2.50. The fourth-order valence-electron chi connectivity index (χ4n) is 2.69. The maximum absolute atomic E-state index is 10.2. The molecule has 136 valence electrons. The van der Waals surface area contributed by atoms with Crippen LogP contribution >= 0.6 is 11.8 Å². The summed E-state index contributed by atoms with van der Waals surface area (Å²) in [4.78, 5) is 0. The van der Waals surface area contributed by atoms with Gasteiger partial charge in [0.15, 0.2) is 12.6 Å². The predicted molar refractivity (Wildman–Crippen MR) is 78.7 cm³/mol. The van der Waals surface area contributed by atoms with Crippen molar-refractivity contribution in [1.29, 1.82) is 0 Å². The normalized spacial score (nSPS) is 47.9. The summed E-state index contributed by atoms with van der Waals surface area (Å²) in [6.45, 7) is -0.501. The zero-order chi connectivity index (χ0) is 17.1. The van der Waals surface area contributed by atoms with Gasteiger partial charge in [0.25, 0.3) is 0 Å². The average molecular weight is 356 g/mol. The Bertz CT molecular complexity index is 357. The number of methoxy groups -OCH3 is 1. The monoisotopic (exact) mass is 356 g/mol. The standard InChI is InChI=1S/C13H24O9S/c1-19-12-10(18)11(8(16)5(3-14)20-12)22-13-9(17)7(15)6(21-13)4-23-2/h5-18H,3-4H2,1-2H3/t5?,6-,7?,8+,9+,10-,11+,12?,13+/m1/s1. The van der Waals surface area contributed by atoms with Crippen LogP contribution in [-0.2, 0) is 18.9 Å². The molecule has 0 saturated carbocycles. The van der Waals surface area contributed by atoms with Gasteiger partial charge in [-0.3, -0.25) is 0 Å². The number of thioether (sulfide) groups is 1. The summed E-state index contributed by atoms with van der Waals surface area (Å²) in [6, 6.07) is 0. The molecule has 0 bridgehead atoms. The van der Waals surface area contributed by atoms with Crippen LogP contribution in [0.15, 0.2) is 0 Å². The van der Waals surface area contributed by atoms with E-state index >= 15 is 0 Å². The van der Waals surface area contributed by atoms with Crippen LogP contribution in [0.4, 0.5) is 0 Å². The van der Waals surface area contributed by atoms with E-state index in [1.165, 1.54) is 18.9 Å². The van der Waals surface area contributed by atoms with Gasteiger partial charge in [-0.25, -0.2) is 0 Å². The summed E-state index contributed by atoms with van der Waals surface area (Å²) in [5.41, 5.74) is 0. The molecular formula is C13H24O9S. The molecule has 2 rings (SSSR count). The summed E-state index contributed by atoms with van der Waals surface area (Å²) < 4.78 is 21.1. The van der Waals surface area contributed by atoms with Crippen molar-refractivity contribution in [1.82, 2.24) is 0 Å². The number of aliphatic hydroxyl groups is 5. The van der Waals surface area contributed by atoms with Gasteiger partial charge in [0.1, 0.15) is 36.6 Å². The number of ether oxygens (including phenoxy) is 4. The molecule has 0 aliphatic carbocycles. The van der Waals surface area contributed by atoms with Crippen LogP contribution in [0.5, 0.6) is 0 Å². The Morgan fingerprint density at radius 3 is 2.13 bits per heavy atom. The average Bonchev–Trinajstić information content (AvgIpc) is 2.80. The third kappa shape index (κ3) is 3.98. The number of rotatable bonds is 6. The Labute approximate surface area is 138 Å². The Kier molecular flexibility index (Phi) is 7.04. The molecule has 5 N–H and O–H groups in total. The molecule has 3 unspecified atom stereocenters. The molecule has 2 saturated heterocycles. The molecule has 0 radical (unpaired) electrons. The highest BCUT2D eigenvalue weighted by Crippen LogP contribution is 2.30. The zero-order valence-electron chi connectivity index (χ0n) is 12.9. The molecule has 0 aromatic rings. The third-order valence-corrected chi connectivity index (χ3v) is 4.66. The van der Waals surface area contributed by atoms with E-state index in [-0.39, 0.29) is 0 Å². The van der Waals surface area contributed by atoms with Crippen LogP contribution in [0, 0.1) is 0 Å². The lowest BCUT2D eigenvalue weighted by molar-refractivity contribution is -0.325. The molecule has 2 heterocycles. The second-order valence-corrected chi connectivity index (χ2v) is 6.43. The third-order valence-electron chi connectivity index (χ3n) is 3.99. The zero-order valence-corrected chi connectivity index (χ0v) is 13.7. The molecule has 2 aliphatic heterocycles. The molecule has 0 amide bonds. The predicted octanol–water partition coefficient (Wildman–Crippen LogP) is -2.73. The van der Waals surface area contributed by atoms with E-state index < -0.39 is 61.9 Å². The van der Waals surface area contributed by atoms with Crippen molar-refractivity contribution in [2.24, 2.45) is 0 Å². The molecule has 2 aliphatic rings. The van der Waals surface area contributed by atoms with Crippen molar-refractivity contribution in [2.45, 2.75) is 55.3 Å². The molecule has 10 heteroatoms. The summed E-state index contributed by atoms with van der Waals surface area (Å²) in [7, 11) is 1.30. The number of hydrogen-bond acceptors (Lipinski definition) is 10. The molecule has 2 fully saturated rings. The topological polar surface area (TPSA) is 138 Å². The van der Waals surface area contributed by atoms with E-state index in [0.29, 0.717) is 5.75 Å². The van der Waals surface area contributed by atoms with Crippen LogP contribution in [0.3, 0.4) is 0 Å². The van der Waals surface area contributed by atoms with Gasteiger partial charge in [-0.2, -0.15) is 11.8 Å². The van der Waals surface area contributed by atoms with Crippen molar-refractivity contribution in [2.75, 3.05) is 25.7 Å². The van der Waals surface area contributed by atoms with E-state index in [1.807, 2.05) is 6.26 Å². The van der Waals surface area contributed by atoms with Crippen LogP contribution in [0.2, 0.25) is 0 Å². The molecule has 9 atom stereocenters. The fraction of sp³-hybridized carbons (Fsp3) is 1.00. The first kappa shape index (κ1) is 19.3. The van der Waals surface area contributed by atoms with Gasteiger partial charge in [-0.1, -0.05) is 0 Å². The lowest BCUT2D eigenvalue weighted by Crippen LogP contribution is -2.61. The first-order chi connectivity index (χ1) is 10.9. The molecule has 0 aromatic carbocycles. The van der Waals surface area contributed by atoms with Crippen molar-refractivity contribution in [3.8, 4) is 0 Å². The number of aliphatic hydroxyl groups excluding tert-OH is 5. The van der Waals surface area contributed by atoms with E-state index in [9.17, 15) is 25.5 Å².